The number of aryl methyl sites for hydroxylation is 1. The van der Waals surface area contributed by atoms with Crippen molar-refractivity contribution in [3.8, 4) is 0 Å². The lowest BCUT2D eigenvalue weighted by Crippen LogP contribution is -2.37. The van der Waals surface area contributed by atoms with Crippen molar-refractivity contribution in [2.24, 2.45) is 17.8 Å². The topological polar surface area (TPSA) is 59.4 Å². The van der Waals surface area contributed by atoms with Gasteiger partial charge < -0.3 is 15.2 Å². The Hall–Kier alpha value is -1.82. The fourth-order valence-electron chi connectivity index (χ4n) is 2.35. The van der Waals surface area contributed by atoms with Crippen LogP contribution in [0, 0.1) is 0 Å². The fourth-order valence-corrected chi connectivity index (χ4v) is 2.83. The molecule has 5 nitrogen and oxygen atoms in total. The third kappa shape index (κ3) is 2.02. The van der Waals surface area contributed by atoms with E-state index in [4.69, 9.17) is 5.73 Å². The Morgan fingerprint density at radius 2 is 2.16 bits per heavy atom. The summed E-state index contributed by atoms with van der Waals surface area (Å²) in [6.07, 6.45) is 3.66. The van der Waals surface area contributed by atoms with Gasteiger partial charge in [-0.1, -0.05) is 12.1 Å². The van der Waals surface area contributed by atoms with Crippen molar-refractivity contribution in [1.82, 2.24) is 9.55 Å². The summed E-state index contributed by atoms with van der Waals surface area (Å²) >= 11 is 3.57. The number of benzene rings is 1. The van der Waals surface area contributed by atoms with Crippen LogP contribution in [0.2, 0.25) is 0 Å². The Balaban J connectivity index is 2.05. The van der Waals surface area contributed by atoms with Gasteiger partial charge in [0.05, 0.1) is 36.5 Å². The maximum Gasteiger partial charge on any atom is 0.196 e. The van der Waals surface area contributed by atoms with E-state index in [9.17, 15) is 0 Å². The van der Waals surface area contributed by atoms with E-state index in [1.165, 1.54) is 0 Å². The number of halogens is 1. The number of hydrogen-bond acceptors (Lipinski definition) is 4. The van der Waals surface area contributed by atoms with Gasteiger partial charge in [0.2, 0.25) is 0 Å². The lowest BCUT2D eigenvalue weighted by molar-refractivity contribution is 0.689. The molecular formula is C13H14BrN5. The van der Waals surface area contributed by atoms with Crippen LogP contribution in [0.1, 0.15) is 11.7 Å². The number of para-hydroxylation sites is 1. The van der Waals surface area contributed by atoms with Crippen LogP contribution >= 0.6 is 15.9 Å². The lowest BCUT2D eigenvalue weighted by Gasteiger charge is -2.27. The van der Waals surface area contributed by atoms with Crippen LogP contribution in [0.5, 0.6) is 0 Å². The van der Waals surface area contributed by atoms with E-state index in [1.807, 2.05) is 47.0 Å². The van der Waals surface area contributed by atoms with E-state index in [-0.39, 0.29) is 6.04 Å². The molecule has 1 aromatic heterocycles. The Labute approximate surface area is 119 Å². The summed E-state index contributed by atoms with van der Waals surface area (Å²) in [5.41, 5.74) is 8.17. The number of imidazole rings is 1. The molecule has 1 unspecified atom stereocenters. The van der Waals surface area contributed by atoms with Crippen molar-refractivity contribution in [3.05, 3.63) is 47.0 Å². The second-order valence-corrected chi connectivity index (χ2v) is 5.32. The van der Waals surface area contributed by atoms with Gasteiger partial charge in [0.15, 0.2) is 5.96 Å². The molecule has 0 saturated carbocycles. The van der Waals surface area contributed by atoms with Gasteiger partial charge in [-0.15, -0.1) is 0 Å². The number of rotatable bonds is 2. The fraction of sp³-hybridized carbons (Fsp3) is 0.231. The molecule has 2 heterocycles. The van der Waals surface area contributed by atoms with Crippen molar-refractivity contribution >= 4 is 27.6 Å². The molecule has 0 radical (unpaired) electrons. The zero-order valence-electron chi connectivity index (χ0n) is 10.5. The summed E-state index contributed by atoms with van der Waals surface area (Å²) < 4.78 is 3.00. The Morgan fingerprint density at radius 1 is 1.37 bits per heavy atom. The summed E-state index contributed by atoms with van der Waals surface area (Å²) in [5.74, 6) is 0.540. The third-order valence-corrected chi connectivity index (χ3v) is 3.96. The van der Waals surface area contributed by atoms with E-state index < -0.39 is 0 Å². The number of anilines is 1. The molecule has 1 aromatic carbocycles. The van der Waals surface area contributed by atoms with Crippen LogP contribution in [0.4, 0.5) is 5.69 Å². The van der Waals surface area contributed by atoms with Crippen molar-refractivity contribution in [2.45, 2.75) is 6.04 Å². The van der Waals surface area contributed by atoms with Crippen molar-refractivity contribution in [1.29, 1.82) is 0 Å². The summed E-state index contributed by atoms with van der Waals surface area (Å²) in [5, 5.41) is 0. The van der Waals surface area contributed by atoms with Crippen LogP contribution in [-0.2, 0) is 7.05 Å². The highest BCUT2D eigenvalue weighted by molar-refractivity contribution is 9.10. The highest BCUT2D eigenvalue weighted by Gasteiger charge is 2.31. The normalized spacial score (nSPS) is 18.7. The first-order chi connectivity index (χ1) is 9.18. The lowest BCUT2D eigenvalue weighted by atomic mass is 10.1. The molecule has 0 spiro atoms. The van der Waals surface area contributed by atoms with Crippen molar-refractivity contribution in [2.75, 3.05) is 11.4 Å². The maximum atomic E-state index is 6.05. The number of guanidine groups is 1. The van der Waals surface area contributed by atoms with Gasteiger partial charge in [-0.25, -0.2) is 4.98 Å². The minimum absolute atomic E-state index is 0.0891. The molecule has 19 heavy (non-hydrogen) atoms. The highest BCUT2D eigenvalue weighted by atomic mass is 79.9. The minimum Gasteiger partial charge on any atom is -0.369 e. The Bertz CT molecular complexity index is 633. The standard InChI is InChI=1S/C13H14BrN5/c1-18-8-16-6-11(18)12-7-17-13(15)19(12)10-5-3-2-4-9(10)14/h2-6,8,12H,7H2,1H3,(H2,15,17). The summed E-state index contributed by atoms with van der Waals surface area (Å²) in [6.45, 7) is 0.646. The van der Waals surface area contributed by atoms with Crippen LogP contribution in [0.3, 0.4) is 0 Å². The zero-order chi connectivity index (χ0) is 13.4. The monoisotopic (exact) mass is 319 g/mol. The first-order valence-electron chi connectivity index (χ1n) is 5.98. The number of aromatic nitrogens is 2. The third-order valence-electron chi connectivity index (χ3n) is 3.29. The number of hydrogen-bond donors (Lipinski definition) is 1. The van der Waals surface area contributed by atoms with Crippen LogP contribution in [-0.4, -0.2) is 22.1 Å². The predicted octanol–water partition coefficient (Wildman–Crippen LogP) is 2.06. The average Bonchev–Trinajstić information content (AvgIpc) is 2.96. The van der Waals surface area contributed by atoms with E-state index >= 15 is 0 Å². The molecule has 3 rings (SSSR count). The zero-order valence-corrected chi connectivity index (χ0v) is 12.1. The maximum absolute atomic E-state index is 6.05. The van der Waals surface area contributed by atoms with E-state index in [0.29, 0.717) is 12.5 Å². The first kappa shape index (κ1) is 12.2. The molecule has 0 amide bonds. The van der Waals surface area contributed by atoms with E-state index in [0.717, 1.165) is 15.9 Å². The summed E-state index contributed by atoms with van der Waals surface area (Å²) in [7, 11) is 1.98. The van der Waals surface area contributed by atoms with Gasteiger partial charge in [0, 0.05) is 11.5 Å². The van der Waals surface area contributed by atoms with Crippen LogP contribution in [0.25, 0.3) is 0 Å². The van der Waals surface area contributed by atoms with Crippen LogP contribution in [0.15, 0.2) is 46.3 Å². The second kappa shape index (κ2) is 4.70. The molecule has 1 atom stereocenters. The van der Waals surface area contributed by atoms with Gasteiger partial charge in [0.25, 0.3) is 0 Å². The molecule has 1 aliphatic rings. The first-order valence-corrected chi connectivity index (χ1v) is 6.77. The molecule has 0 aliphatic carbocycles. The molecular weight excluding hydrogens is 306 g/mol. The summed E-state index contributed by atoms with van der Waals surface area (Å²) in [6, 6.07) is 8.09. The Kier molecular flexibility index (Phi) is 3.02. The van der Waals surface area contributed by atoms with E-state index in [1.54, 1.807) is 6.33 Å². The number of aliphatic imine (C=N–C) groups is 1. The molecule has 98 valence electrons. The minimum atomic E-state index is 0.0891. The highest BCUT2D eigenvalue weighted by Crippen LogP contribution is 2.35. The molecule has 1 aliphatic heterocycles. The molecule has 0 bridgehead atoms. The smallest absolute Gasteiger partial charge is 0.196 e. The molecule has 2 aromatic rings. The van der Waals surface area contributed by atoms with Gasteiger partial charge in [-0.05, 0) is 28.1 Å². The number of nitrogens with zero attached hydrogens (tertiary/aromatic N) is 4. The molecule has 0 fully saturated rings. The van der Waals surface area contributed by atoms with Gasteiger partial charge in [-0.3, -0.25) is 4.99 Å². The molecule has 2 N–H and O–H groups in total. The second-order valence-electron chi connectivity index (χ2n) is 4.47. The van der Waals surface area contributed by atoms with Gasteiger partial charge in [-0.2, -0.15) is 0 Å². The van der Waals surface area contributed by atoms with Gasteiger partial charge in [0.1, 0.15) is 0 Å². The summed E-state index contributed by atoms with van der Waals surface area (Å²) in [4.78, 5) is 10.6. The van der Waals surface area contributed by atoms with Crippen molar-refractivity contribution < 1.29 is 0 Å². The largest absolute Gasteiger partial charge is 0.369 e. The van der Waals surface area contributed by atoms with Crippen LogP contribution < -0.4 is 10.6 Å². The predicted molar refractivity (Wildman–Crippen MR) is 79.1 cm³/mol. The number of nitrogens with two attached hydrogens (primary N) is 1. The van der Waals surface area contributed by atoms with Gasteiger partial charge >= 0.3 is 0 Å². The quantitative estimate of drug-likeness (QED) is 0.921. The molecule has 0 saturated heterocycles. The Morgan fingerprint density at radius 3 is 2.84 bits per heavy atom. The molecule has 6 heteroatoms. The SMILES string of the molecule is Cn1cncc1C1CN=C(N)N1c1ccccc1Br. The van der Waals surface area contributed by atoms with Crippen molar-refractivity contribution in [3.63, 3.8) is 0 Å². The van der Waals surface area contributed by atoms with E-state index in [2.05, 4.69) is 25.9 Å². The average molecular weight is 320 g/mol.